The Labute approximate surface area is 113 Å². The fourth-order valence-corrected chi connectivity index (χ4v) is 1.53. The van der Waals surface area contributed by atoms with Crippen LogP contribution in [0.2, 0.25) is 0 Å². The highest BCUT2D eigenvalue weighted by Crippen LogP contribution is 2.26. The zero-order valence-electron chi connectivity index (χ0n) is 10.3. The van der Waals surface area contributed by atoms with Crippen molar-refractivity contribution in [2.24, 2.45) is 0 Å². The van der Waals surface area contributed by atoms with E-state index >= 15 is 0 Å². The van der Waals surface area contributed by atoms with Gasteiger partial charge in [0.15, 0.2) is 11.6 Å². The second-order valence-corrected chi connectivity index (χ2v) is 3.95. The predicted octanol–water partition coefficient (Wildman–Crippen LogP) is 3.25. The van der Waals surface area contributed by atoms with Crippen LogP contribution in [0.3, 0.4) is 0 Å². The monoisotopic (exact) mass is 279 g/mol. The molecule has 2 rings (SSSR count). The molecular formula is C14H11F2NO3. The molecule has 0 fully saturated rings. The molecule has 0 radical (unpaired) electrons. The molecule has 4 nitrogen and oxygen atoms in total. The molecule has 6 heteroatoms. The lowest BCUT2D eigenvalue weighted by Gasteiger charge is -2.09. The molecular weight excluding hydrogens is 268 g/mol. The molecule has 2 N–H and O–H groups in total. The molecule has 0 aliphatic carbocycles. The number of ether oxygens (including phenoxy) is 1. The zero-order valence-corrected chi connectivity index (χ0v) is 10.3. The van der Waals surface area contributed by atoms with E-state index in [1.807, 2.05) is 0 Å². The van der Waals surface area contributed by atoms with Crippen molar-refractivity contribution < 1.29 is 23.4 Å². The Balaban J connectivity index is 2.13. The first kappa shape index (κ1) is 13.8. The van der Waals surface area contributed by atoms with E-state index in [9.17, 15) is 13.6 Å². The van der Waals surface area contributed by atoms with E-state index in [4.69, 9.17) is 9.84 Å². The lowest BCUT2D eigenvalue weighted by atomic mass is 10.3. The summed E-state index contributed by atoms with van der Waals surface area (Å²) >= 11 is 0. The van der Waals surface area contributed by atoms with Crippen LogP contribution in [0.15, 0.2) is 42.5 Å². The number of nitrogens with one attached hydrogen (secondary N) is 1. The standard InChI is InChI=1S/C14H11F2NO3/c15-9-4-5-13(12(16)6-9)20-11-3-1-2-10(7-11)17-8-14(18)19/h1-7,17H,8H2,(H,18,19). The minimum absolute atomic E-state index is 0.109. The topological polar surface area (TPSA) is 58.6 Å². The maximum Gasteiger partial charge on any atom is 0.322 e. The van der Waals surface area contributed by atoms with Gasteiger partial charge >= 0.3 is 5.97 Å². The van der Waals surface area contributed by atoms with Crippen molar-refractivity contribution in [2.45, 2.75) is 0 Å². The second kappa shape index (κ2) is 6.01. The molecule has 0 heterocycles. The number of anilines is 1. The van der Waals surface area contributed by atoms with Crippen LogP contribution in [0.25, 0.3) is 0 Å². The van der Waals surface area contributed by atoms with Gasteiger partial charge in [-0.3, -0.25) is 4.79 Å². The molecule has 20 heavy (non-hydrogen) atoms. The van der Waals surface area contributed by atoms with Crippen LogP contribution in [0.1, 0.15) is 0 Å². The van der Waals surface area contributed by atoms with Crippen LogP contribution in [-0.4, -0.2) is 17.6 Å². The smallest absolute Gasteiger partial charge is 0.322 e. The fraction of sp³-hybridized carbons (Fsp3) is 0.0714. The minimum atomic E-state index is -0.999. The third kappa shape index (κ3) is 3.68. The summed E-state index contributed by atoms with van der Waals surface area (Å²) < 4.78 is 31.5. The van der Waals surface area contributed by atoms with Gasteiger partial charge in [-0.15, -0.1) is 0 Å². The zero-order chi connectivity index (χ0) is 14.5. The highest BCUT2D eigenvalue weighted by atomic mass is 19.1. The number of hydrogen-bond donors (Lipinski definition) is 2. The Morgan fingerprint density at radius 3 is 2.70 bits per heavy atom. The van der Waals surface area contributed by atoms with Gasteiger partial charge in [0.2, 0.25) is 0 Å². The number of hydrogen-bond acceptors (Lipinski definition) is 3. The van der Waals surface area contributed by atoms with Crippen molar-refractivity contribution in [3.05, 3.63) is 54.1 Å². The molecule has 0 aromatic heterocycles. The van der Waals surface area contributed by atoms with E-state index in [2.05, 4.69) is 5.32 Å². The van der Waals surface area contributed by atoms with Crippen molar-refractivity contribution in [3.63, 3.8) is 0 Å². The molecule has 0 amide bonds. The number of carbonyl (C=O) groups is 1. The number of benzene rings is 2. The van der Waals surface area contributed by atoms with Gasteiger partial charge in [0, 0.05) is 17.8 Å². The summed E-state index contributed by atoms with van der Waals surface area (Å²) in [5.41, 5.74) is 0.521. The predicted molar refractivity (Wildman–Crippen MR) is 69.0 cm³/mol. The Kier molecular flexibility index (Phi) is 4.14. The highest BCUT2D eigenvalue weighted by molar-refractivity contribution is 5.72. The summed E-state index contributed by atoms with van der Waals surface area (Å²) in [5.74, 6) is -2.30. The van der Waals surface area contributed by atoms with E-state index in [0.717, 1.165) is 12.1 Å². The molecule has 2 aromatic rings. The molecule has 0 bridgehead atoms. The molecule has 0 saturated carbocycles. The molecule has 0 aliphatic heterocycles. The van der Waals surface area contributed by atoms with Crippen molar-refractivity contribution in [1.82, 2.24) is 0 Å². The number of carboxylic acid groups (broad SMARTS) is 1. The van der Waals surface area contributed by atoms with Crippen molar-refractivity contribution in [3.8, 4) is 11.5 Å². The first-order valence-corrected chi connectivity index (χ1v) is 5.73. The summed E-state index contributed by atoms with van der Waals surface area (Å²) in [4.78, 5) is 10.4. The summed E-state index contributed by atoms with van der Waals surface area (Å²) in [5, 5.41) is 11.2. The van der Waals surface area contributed by atoms with Gasteiger partial charge in [-0.25, -0.2) is 8.78 Å². The van der Waals surface area contributed by atoms with Gasteiger partial charge in [0.05, 0.1) is 0 Å². The van der Waals surface area contributed by atoms with E-state index < -0.39 is 17.6 Å². The van der Waals surface area contributed by atoms with Gasteiger partial charge in [0.1, 0.15) is 18.1 Å². The average molecular weight is 279 g/mol. The minimum Gasteiger partial charge on any atom is -0.480 e. The third-order valence-corrected chi connectivity index (χ3v) is 2.40. The van der Waals surface area contributed by atoms with Gasteiger partial charge in [-0.05, 0) is 24.3 Å². The summed E-state index contributed by atoms with van der Waals surface area (Å²) in [6.07, 6.45) is 0. The maximum absolute atomic E-state index is 13.4. The molecule has 0 spiro atoms. The van der Waals surface area contributed by atoms with Gasteiger partial charge in [0.25, 0.3) is 0 Å². The molecule has 0 aliphatic rings. The molecule has 2 aromatic carbocycles. The maximum atomic E-state index is 13.4. The van der Waals surface area contributed by atoms with Crippen molar-refractivity contribution >= 4 is 11.7 Å². The van der Waals surface area contributed by atoms with Gasteiger partial charge in [-0.1, -0.05) is 6.07 Å². The van der Waals surface area contributed by atoms with E-state index in [1.165, 1.54) is 12.1 Å². The molecule has 0 unspecified atom stereocenters. The van der Waals surface area contributed by atoms with Crippen LogP contribution in [0, 0.1) is 11.6 Å². The quantitative estimate of drug-likeness (QED) is 0.882. The van der Waals surface area contributed by atoms with E-state index in [1.54, 1.807) is 18.2 Å². The largest absolute Gasteiger partial charge is 0.480 e. The number of halogens is 2. The van der Waals surface area contributed by atoms with Gasteiger partial charge in [-0.2, -0.15) is 0 Å². The average Bonchev–Trinajstić information content (AvgIpc) is 2.40. The first-order valence-electron chi connectivity index (χ1n) is 5.73. The number of carboxylic acids is 1. The normalized spacial score (nSPS) is 10.1. The van der Waals surface area contributed by atoms with Crippen LogP contribution < -0.4 is 10.1 Å². The SMILES string of the molecule is O=C(O)CNc1cccc(Oc2ccc(F)cc2F)c1. The Morgan fingerprint density at radius 2 is 2.00 bits per heavy atom. The molecule has 0 atom stereocenters. The number of rotatable bonds is 5. The van der Waals surface area contributed by atoms with Crippen LogP contribution in [-0.2, 0) is 4.79 Å². The second-order valence-electron chi connectivity index (χ2n) is 3.95. The van der Waals surface area contributed by atoms with Crippen LogP contribution in [0.4, 0.5) is 14.5 Å². The third-order valence-electron chi connectivity index (χ3n) is 2.40. The fourth-order valence-electron chi connectivity index (χ4n) is 1.53. The van der Waals surface area contributed by atoms with Crippen molar-refractivity contribution in [2.75, 3.05) is 11.9 Å². The Bertz CT molecular complexity index is 632. The summed E-state index contributed by atoms with van der Waals surface area (Å²) in [7, 11) is 0. The van der Waals surface area contributed by atoms with E-state index in [0.29, 0.717) is 11.4 Å². The van der Waals surface area contributed by atoms with Crippen LogP contribution >= 0.6 is 0 Å². The summed E-state index contributed by atoms with van der Waals surface area (Å²) in [6.45, 7) is -0.242. The molecule has 104 valence electrons. The highest BCUT2D eigenvalue weighted by Gasteiger charge is 2.07. The Morgan fingerprint density at radius 1 is 1.20 bits per heavy atom. The van der Waals surface area contributed by atoms with Gasteiger partial charge < -0.3 is 15.2 Å². The van der Waals surface area contributed by atoms with Crippen LogP contribution in [0.5, 0.6) is 11.5 Å². The molecule has 0 saturated heterocycles. The Hall–Kier alpha value is -2.63. The summed E-state index contributed by atoms with van der Waals surface area (Å²) in [6, 6.07) is 9.37. The lowest BCUT2D eigenvalue weighted by Crippen LogP contribution is -2.12. The van der Waals surface area contributed by atoms with E-state index in [-0.39, 0.29) is 12.3 Å². The van der Waals surface area contributed by atoms with Crippen molar-refractivity contribution in [1.29, 1.82) is 0 Å². The first-order chi connectivity index (χ1) is 9.54. The lowest BCUT2D eigenvalue weighted by molar-refractivity contribution is -0.134. The number of aliphatic carboxylic acids is 1.